The molecule has 0 saturated heterocycles. The van der Waals surface area contributed by atoms with Crippen molar-refractivity contribution in [2.45, 2.75) is 19.5 Å². The summed E-state index contributed by atoms with van der Waals surface area (Å²) in [5.74, 6) is -0.255. The standard InChI is InChI=1S/C13H15N3O2S/c1-8(16-13(14)18)12(17)15-6-9-7-19-11-5-3-2-4-10(9)11/h2-5,7-8H,6H2,1H3,(H,15,17)(H3,14,16,18). The van der Waals surface area contributed by atoms with E-state index in [0.717, 1.165) is 10.9 Å². The molecule has 1 aromatic heterocycles. The van der Waals surface area contributed by atoms with E-state index in [2.05, 4.69) is 10.6 Å². The van der Waals surface area contributed by atoms with Crippen molar-refractivity contribution in [3.63, 3.8) is 0 Å². The molecule has 6 heteroatoms. The smallest absolute Gasteiger partial charge is 0.312 e. The number of fused-ring (bicyclic) bond motifs is 1. The predicted molar refractivity (Wildman–Crippen MR) is 75.9 cm³/mol. The Balaban J connectivity index is 1.99. The number of primary amides is 1. The lowest BCUT2D eigenvalue weighted by Gasteiger charge is -2.12. The number of carbonyl (C=O) groups is 2. The van der Waals surface area contributed by atoms with E-state index >= 15 is 0 Å². The molecular formula is C13H15N3O2S. The van der Waals surface area contributed by atoms with Crippen LogP contribution in [0, 0.1) is 0 Å². The van der Waals surface area contributed by atoms with Crippen LogP contribution in [0.3, 0.4) is 0 Å². The van der Waals surface area contributed by atoms with Crippen molar-refractivity contribution in [3.8, 4) is 0 Å². The van der Waals surface area contributed by atoms with Gasteiger partial charge in [-0.05, 0) is 29.3 Å². The normalized spacial score (nSPS) is 12.1. The minimum Gasteiger partial charge on any atom is -0.352 e. The SMILES string of the molecule is CC(NC(N)=O)C(=O)NCc1csc2ccccc12. The van der Waals surface area contributed by atoms with Gasteiger partial charge < -0.3 is 16.4 Å². The number of nitrogens with one attached hydrogen (secondary N) is 2. The van der Waals surface area contributed by atoms with E-state index in [0.29, 0.717) is 6.54 Å². The molecule has 0 fully saturated rings. The minimum absolute atomic E-state index is 0.255. The highest BCUT2D eigenvalue weighted by Crippen LogP contribution is 2.25. The quantitative estimate of drug-likeness (QED) is 0.792. The summed E-state index contributed by atoms with van der Waals surface area (Å²) in [4.78, 5) is 22.4. The topological polar surface area (TPSA) is 84.2 Å². The van der Waals surface area contributed by atoms with E-state index in [1.807, 2.05) is 29.6 Å². The van der Waals surface area contributed by atoms with Gasteiger partial charge in [0.15, 0.2) is 0 Å². The molecule has 19 heavy (non-hydrogen) atoms. The maximum atomic E-state index is 11.7. The Morgan fingerprint density at radius 3 is 2.84 bits per heavy atom. The van der Waals surface area contributed by atoms with Gasteiger partial charge in [-0.2, -0.15) is 0 Å². The largest absolute Gasteiger partial charge is 0.352 e. The van der Waals surface area contributed by atoms with Gasteiger partial charge in [0.25, 0.3) is 0 Å². The molecule has 0 saturated carbocycles. The molecule has 0 aliphatic carbocycles. The van der Waals surface area contributed by atoms with Gasteiger partial charge in [0.1, 0.15) is 6.04 Å². The van der Waals surface area contributed by atoms with Gasteiger partial charge in [0.05, 0.1) is 0 Å². The molecule has 0 bridgehead atoms. The first-order chi connectivity index (χ1) is 9.08. The van der Waals surface area contributed by atoms with E-state index in [1.165, 1.54) is 4.70 Å². The fraction of sp³-hybridized carbons (Fsp3) is 0.231. The summed E-state index contributed by atoms with van der Waals surface area (Å²) in [6.07, 6.45) is 0. The van der Waals surface area contributed by atoms with Crippen molar-refractivity contribution in [2.24, 2.45) is 5.73 Å². The van der Waals surface area contributed by atoms with E-state index in [9.17, 15) is 9.59 Å². The van der Waals surface area contributed by atoms with Crippen LogP contribution >= 0.6 is 11.3 Å². The van der Waals surface area contributed by atoms with Crippen molar-refractivity contribution in [1.29, 1.82) is 0 Å². The average Bonchev–Trinajstić information content (AvgIpc) is 2.78. The van der Waals surface area contributed by atoms with Gasteiger partial charge in [-0.15, -0.1) is 11.3 Å². The zero-order valence-electron chi connectivity index (χ0n) is 10.5. The lowest BCUT2D eigenvalue weighted by molar-refractivity contribution is -0.122. The molecule has 1 aromatic carbocycles. The first-order valence-corrected chi connectivity index (χ1v) is 6.74. The molecule has 0 aliphatic heterocycles. The summed E-state index contributed by atoms with van der Waals surface area (Å²) < 4.78 is 1.19. The molecule has 1 heterocycles. The Kier molecular flexibility index (Phi) is 4.01. The molecule has 4 N–H and O–H groups in total. The summed E-state index contributed by atoms with van der Waals surface area (Å²) in [6.45, 7) is 2.03. The minimum atomic E-state index is -0.705. The van der Waals surface area contributed by atoms with Crippen molar-refractivity contribution < 1.29 is 9.59 Å². The third-order valence-electron chi connectivity index (χ3n) is 2.77. The highest BCUT2D eigenvalue weighted by atomic mass is 32.1. The fourth-order valence-electron chi connectivity index (χ4n) is 1.78. The van der Waals surface area contributed by atoms with Crippen LogP contribution in [0.4, 0.5) is 4.79 Å². The third-order valence-corrected chi connectivity index (χ3v) is 3.78. The van der Waals surface area contributed by atoms with Crippen LogP contribution < -0.4 is 16.4 Å². The zero-order chi connectivity index (χ0) is 13.8. The predicted octanol–water partition coefficient (Wildman–Crippen LogP) is 1.57. The summed E-state index contributed by atoms with van der Waals surface area (Å²) in [6, 6.07) is 6.68. The number of benzene rings is 1. The van der Waals surface area contributed by atoms with Crippen molar-refractivity contribution in [1.82, 2.24) is 10.6 Å². The molecule has 3 amide bonds. The second kappa shape index (κ2) is 5.71. The molecule has 100 valence electrons. The van der Waals surface area contributed by atoms with Crippen LogP contribution in [-0.4, -0.2) is 18.0 Å². The molecule has 2 aromatic rings. The van der Waals surface area contributed by atoms with E-state index < -0.39 is 12.1 Å². The summed E-state index contributed by atoms with van der Waals surface area (Å²) >= 11 is 1.64. The number of thiophene rings is 1. The molecule has 1 atom stereocenters. The monoisotopic (exact) mass is 277 g/mol. The number of rotatable bonds is 4. The summed E-state index contributed by atoms with van der Waals surface area (Å²) in [5, 5.41) is 8.29. The van der Waals surface area contributed by atoms with E-state index in [4.69, 9.17) is 5.73 Å². The average molecular weight is 277 g/mol. The second-order valence-corrected chi connectivity index (χ2v) is 5.12. The highest BCUT2D eigenvalue weighted by Gasteiger charge is 2.14. The van der Waals surface area contributed by atoms with Gasteiger partial charge >= 0.3 is 6.03 Å². The highest BCUT2D eigenvalue weighted by molar-refractivity contribution is 7.17. The Morgan fingerprint density at radius 2 is 2.11 bits per heavy atom. The maximum Gasteiger partial charge on any atom is 0.312 e. The van der Waals surface area contributed by atoms with Crippen molar-refractivity contribution >= 4 is 33.4 Å². The van der Waals surface area contributed by atoms with Gasteiger partial charge in [-0.25, -0.2) is 4.79 Å². The molecular weight excluding hydrogens is 262 g/mol. The Hall–Kier alpha value is -2.08. The van der Waals surface area contributed by atoms with Crippen molar-refractivity contribution in [2.75, 3.05) is 0 Å². The van der Waals surface area contributed by atoms with Crippen LogP contribution in [0.1, 0.15) is 12.5 Å². The first-order valence-electron chi connectivity index (χ1n) is 5.86. The third kappa shape index (κ3) is 3.23. The Morgan fingerprint density at radius 1 is 1.37 bits per heavy atom. The second-order valence-electron chi connectivity index (χ2n) is 4.21. The number of hydrogen-bond acceptors (Lipinski definition) is 3. The number of carbonyl (C=O) groups excluding carboxylic acids is 2. The van der Waals surface area contributed by atoms with E-state index in [1.54, 1.807) is 18.3 Å². The van der Waals surface area contributed by atoms with Gasteiger partial charge in [-0.3, -0.25) is 4.79 Å². The summed E-state index contributed by atoms with van der Waals surface area (Å²) in [7, 11) is 0. The van der Waals surface area contributed by atoms with Gasteiger partial charge in [-0.1, -0.05) is 18.2 Å². The van der Waals surface area contributed by atoms with E-state index in [-0.39, 0.29) is 5.91 Å². The molecule has 0 radical (unpaired) electrons. The Labute approximate surface area is 114 Å². The lowest BCUT2D eigenvalue weighted by atomic mass is 10.2. The first kappa shape index (κ1) is 13.4. The molecule has 0 spiro atoms. The summed E-state index contributed by atoms with van der Waals surface area (Å²) in [5.41, 5.74) is 6.04. The zero-order valence-corrected chi connectivity index (χ0v) is 11.3. The van der Waals surface area contributed by atoms with Crippen LogP contribution in [-0.2, 0) is 11.3 Å². The van der Waals surface area contributed by atoms with Crippen LogP contribution in [0.5, 0.6) is 0 Å². The number of urea groups is 1. The van der Waals surface area contributed by atoms with Gasteiger partial charge in [0.2, 0.25) is 5.91 Å². The molecule has 1 unspecified atom stereocenters. The molecule has 2 rings (SSSR count). The lowest BCUT2D eigenvalue weighted by Crippen LogP contribution is -2.46. The number of nitrogens with two attached hydrogens (primary N) is 1. The number of amides is 3. The van der Waals surface area contributed by atoms with Crippen molar-refractivity contribution in [3.05, 3.63) is 35.2 Å². The molecule has 0 aliphatic rings. The van der Waals surface area contributed by atoms with Crippen LogP contribution in [0.2, 0.25) is 0 Å². The van der Waals surface area contributed by atoms with Crippen LogP contribution in [0.25, 0.3) is 10.1 Å². The molecule has 5 nitrogen and oxygen atoms in total. The maximum absolute atomic E-state index is 11.7. The van der Waals surface area contributed by atoms with Gasteiger partial charge in [0, 0.05) is 11.2 Å². The van der Waals surface area contributed by atoms with Crippen LogP contribution in [0.15, 0.2) is 29.6 Å². The Bertz CT molecular complexity index is 609. The fourth-order valence-corrected chi connectivity index (χ4v) is 2.75. The number of hydrogen-bond donors (Lipinski definition) is 3.